The highest BCUT2D eigenvalue weighted by molar-refractivity contribution is 5.35. The van der Waals surface area contributed by atoms with Crippen molar-refractivity contribution in [1.82, 2.24) is 19.8 Å². The monoisotopic (exact) mass is 293 g/mol. The lowest BCUT2D eigenvalue weighted by Gasteiger charge is -2.33. The van der Waals surface area contributed by atoms with Crippen LogP contribution in [0.5, 0.6) is 0 Å². The second-order valence-corrected chi connectivity index (χ2v) is 5.58. The van der Waals surface area contributed by atoms with Crippen LogP contribution in [0.4, 0.5) is 5.82 Å². The van der Waals surface area contributed by atoms with Crippen molar-refractivity contribution >= 4 is 5.82 Å². The Kier molecular flexibility index (Phi) is 6.35. The van der Waals surface area contributed by atoms with E-state index < -0.39 is 0 Å². The molecule has 0 aromatic carbocycles. The van der Waals surface area contributed by atoms with E-state index in [-0.39, 0.29) is 6.61 Å². The first-order valence-corrected chi connectivity index (χ1v) is 7.85. The average Bonchev–Trinajstić information content (AvgIpc) is 2.47. The highest BCUT2D eigenvalue weighted by Gasteiger charge is 2.17. The Labute approximate surface area is 127 Å². The molecule has 0 amide bonds. The summed E-state index contributed by atoms with van der Waals surface area (Å²) in [5.41, 5.74) is 1.01. The standard InChI is InChI=1S/C15H27N5O/c1-3-4-16-14-11-13(2)17-15(18-14)12-20-7-5-19(6-8-20)9-10-21/h11,21H,3-10,12H2,1-2H3,(H,16,17,18). The molecule has 1 aliphatic rings. The van der Waals surface area contributed by atoms with E-state index >= 15 is 0 Å². The van der Waals surface area contributed by atoms with Crippen molar-refractivity contribution in [2.24, 2.45) is 0 Å². The van der Waals surface area contributed by atoms with Gasteiger partial charge in [-0.1, -0.05) is 6.92 Å². The number of hydrogen-bond acceptors (Lipinski definition) is 6. The van der Waals surface area contributed by atoms with Gasteiger partial charge in [-0.3, -0.25) is 9.80 Å². The van der Waals surface area contributed by atoms with Crippen LogP contribution >= 0.6 is 0 Å². The first kappa shape index (κ1) is 16.1. The number of aliphatic hydroxyl groups is 1. The maximum atomic E-state index is 8.97. The van der Waals surface area contributed by atoms with Gasteiger partial charge in [0.2, 0.25) is 0 Å². The molecule has 1 aliphatic heterocycles. The number of aryl methyl sites for hydroxylation is 1. The minimum absolute atomic E-state index is 0.244. The molecule has 0 atom stereocenters. The van der Waals surface area contributed by atoms with Crippen LogP contribution in [0.15, 0.2) is 6.07 Å². The van der Waals surface area contributed by atoms with E-state index in [0.29, 0.717) is 0 Å². The van der Waals surface area contributed by atoms with Crippen molar-refractivity contribution in [1.29, 1.82) is 0 Å². The number of nitrogens with zero attached hydrogens (tertiary/aromatic N) is 4. The second-order valence-electron chi connectivity index (χ2n) is 5.58. The Bertz CT molecular complexity index is 432. The average molecular weight is 293 g/mol. The Balaban J connectivity index is 1.89. The lowest BCUT2D eigenvalue weighted by molar-refractivity contribution is 0.107. The van der Waals surface area contributed by atoms with E-state index in [1.54, 1.807) is 0 Å². The summed E-state index contributed by atoms with van der Waals surface area (Å²) in [6, 6.07) is 2.00. The van der Waals surface area contributed by atoms with E-state index in [1.165, 1.54) is 0 Å². The first-order chi connectivity index (χ1) is 10.2. The van der Waals surface area contributed by atoms with Gasteiger partial charge in [0.1, 0.15) is 11.6 Å². The highest BCUT2D eigenvalue weighted by Crippen LogP contribution is 2.10. The molecule has 0 radical (unpaired) electrons. The summed E-state index contributed by atoms with van der Waals surface area (Å²) in [4.78, 5) is 13.8. The summed E-state index contributed by atoms with van der Waals surface area (Å²) in [6.45, 7) is 11.0. The summed E-state index contributed by atoms with van der Waals surface area (Å²) in [5, 5.41) is 12.3. The van der Waals surface area contributed by atoms with Crippen LogP contribution in [-0.2, 0) is 6.54 Å². The number of hydrogen-bond donors (Lipinski definition) is 2. The molecule has 0 unspecified atom stereocenters. The van der Waals surface area contributed by atoms with Gasteiger partial charge in [0, 0.05) is 51.0 Å². The van der Waals surface area contributed by atoms with Crippen molar-refractivity contribution in [2.75, 3.05) is 51.2 Å². The Morgan fingerprint density at radius 3 is 2.57 bits per heavy atom. The minimum atomic E-state index is 0.244. The van der Waals surface area contributed by atoms with E-state index in [0.717, 1.165) is 69.6 Å². The van der Waals surface area contributed by atoms with Crippen LogP contribution in [0.3, 0.4) is 0 Å². The molecule has 21 heavy (non-hydrogen) atoms. The largest absolute Gasteiger partial charge is 0.395 e. The zero-order valence-corrected chi connectivity index (χ0v) is 13.2. The van der Waals surface area contributed by atoms with Crippen LogP contribution in [0, 0.1) is 6.92 Å². The number of aliphatic hydroxyl groups excluding tert-OH is 1. The van der Waals surface area contributed by atoms with Crippen molar-refractivity contribution in [3.05, 3.63) is 17.6 Å². The van der Waals surface area contributed by atoms with Gasteiger partial charge in [-0.2, -0.15) is 0 Å². The fourth-order valence-corrected chi connectivity index (χ4v) is 2.56. The molecule has 2 heterocycles. The van der Waals surface area contributed by atoms with Gasteiger partial charge in [-0.15, -0.1) is 0 Å². The van der Waals surface area contributed by atoms with E-state index in [1.807, 2.05) is 13.0 Å². The number of rotatable bonds is 7. The molecule has 2 rings (SSSR count). The maximum Gasteiger partial charge on any atom is 0.144 e. The van der Waals surface area contributed by atoms with Crippen LogP contribution in [-0.4, -0.2) is 70.7 Å². The van der Waals surface area contributed by atoms with Crippen LogP contribution < -0.4 is 5.32 Å². The molecule has 2 N–H and O–H groups in total. The third kappa shape index (κ3) is 5.22. The van der Waals surface area contributed by atoms with Crippen molar-refractivity contribution in [3.63, 3.8) is 0 Å². The molecular formula is C15H27N5O. The highest BCUT2D eigenvalue weighted by atomic mass is 16.3. The second kappa shape index (κ2) is 8.26. The lowest BCUT2D eigenvalue weighted by Crippen LogP contribution is -2.46. The Hall–Kier alpha value is -1.24. The summed E-state index contributed by atoms with van der Waals surface area (Å²) < 4.78 is 0. The van der Waals surface area contributed by atoms with E-state index in [2.05, 4.69) is 32.0 Å². The number of β-amino-alcohol motifs (C(OH)–C–C–N with tert-alkyl or cyclic N) is 1. The fraction of sp³-hybridized carbons (Fsp3) is 0.733. The summed E-state index contributed by atoms with van der Waals surface area (Å²) >= 11 is 0. The smallest absolute Gasteiger partial charge is 0.144 e. The zero-order valence-electron chi connectivity index (χ0n) is 13.2. The number of aromatic nitrogens is 2. The Morgan fingerprint density at radius 1 is 1.19 bits per heavy atom. The van der Waals surface area contributed by atoms with Gasteiger partial charge < -0.3 is 10.4 Å². The molecule has 1 aromatic rings. The maximum absolute atomic E-state index is 8.97. The van der Waals surface area contributed by atoms with Crippen LogP contribution in [0.25, 0.3) is 0 Å². The van der Waals surface area contributed by atoms with Gasteiger partial charge in [-0.05, 0) is 13.3 Å². The molecule has 118 valence electrons. The number of nitrogens with one attached hydrogen (secondary N) is 1. The van der Waals surface area contributed by atoms with Crippen LogP contribution in [0.1, 0.15) is 24.9 Å². The van der Waals surface area contributed by atoms with Gasteiger partial charge in [0.05, 0.1) is 13.2 Å². The summed E-state index contributed by atoms with van der Waals surface area (Å²) in [6.07, 6.45) is 1.09. The first-order valence-electron chi connectivity index (χ1n) is 7.85. The Morgan fingerprint density at radius 2 is 1.90 bits per heavy atom. The summed E-state index contributed by atoms with van der Waals surface area (Å²) in [7, 11) is 0. The molecule has 1 fully saturated rings. The van der Waals surface area contributed by atoms with E-state index in [9.17, 15) is 0 Å². The SMILES string of the molecule is CCCNc1cc(C)nc(CN2CCN(CCO)CC2)n1. The number of piperazine rings is 1. The molecule has 6 heteroatoms. The molecule has 0 saturated carbocycles. The molecule has 0 aliphatic carbocycles. The lowest BCUT2D eigenvalue weighted by atomic mass is 10.3. The third-order valence-corrected chi connectivity index (χ3v) is 3.70. The molecule has 1 saturated heterocycles. The summed E-state index contributed by atoms with van der Waals surface area (Å²) in [5.74, 6) is 1.82. The quantitative estimate of drug-likeness (QED) is 0.772. The molecular weight excluding hydrogens is 266 g/mol. The van der Waals surface area contributed by atoms with Crippen LogP contribution in [0.2, 0.25) is 0 Å². The topological polar surface area (TPSA) is 64.5 Å². The normalized spacial score (nSPS) is 17.1. The predicted octanol–water partition coefficient (Wildman–Crippen LogP) is 0.717. The van der Waals surface area contributed by atoms with Crippen molar-refractivity contribution in [2.45, 2.75) is 26.8 Å². The van der Waals surface area contributed by atoms with Crippen molar-refractivity contribution < 1.29 is 5.11 Å². The van der Waals surface area contributed by atoms with Gasteiger partial charge >= 0.3 is 0 Å². The van der Waals surface area contributed by atoms with Crippen molar-refractivity contribution in [3.8, 4) is 0 Å². The molecule has 0 bridgehead atoms. The van der Waals surface area contributed by atoms with Gasteiger partial charge in [-0.25, -0.2) is 9.97 Å². The van der Waals surface area contributed by atoms with E-state index in [4.69, 9.17) is 5.11 Å². The van der Waals surface area contributed by atoms with Gasteiger partial charge in [0.15, 0.2) is 0 Å². The molecule has 6 nitrogen and oxygen atoms in total. The predicted molar refractivity (Wildman–Crippen MR) is 84.4 cm³/mol. The molecule has 0 spiro atoms. The number of anilines is 1. The molecule has 1 aromatic heterocycles. The third-order valence-electron chi connectivity index (χ3n) is 3.70. The minimum Gasteiger partial charge on any atom is -0.395 e. The zero-order chi connectivity index (χ0) is 15.1. The van der Waals surface area contributed by atoms with Gasteiger partial charge in [0.25, 0.3) is 0 Å². The fourth-order valence-electron chi connectivity index (χ4n) is 2.56.